The van der Waals surface area contributed by atoms with E-state index >= 15 is 0 Å². The molecule has 1 aromatic heterocycles. The highest BCUT2D eigenvalue weighted by Crippen LogP contribution is 2.13. The van der Waals surface area contributed by atoms with Gasteiger partial charge in [0.1, 0.15) is 6.26 Å². The van der Waals surface area contributed by atoms with Crippen molar-refractivity contribution in [3.63, 3.8) is 0 Å². The van der Waals surface area contributed by atoms with Crippen LogP contribution < -0.4 is 5.32 Å². The zero-order valence-electron chi connectivity index (χ0n) is 10.4. The van der Waals surface area contributed by atoms with Gasteiger partial charge in [-0.25, -0.2) is 12.7 Å². The molecule has 1 aliphatic rings. The van der Waals surface area contributed by atoms with Crippen LogP contribution in [0.15, 0.2) is 23.0 Å². The second-order valence-corrected chi connectivity index (χ2v) is 7.41. The van der Waals surface area contributed by atoms with Crippen LogP contribution >= 0.6 is 11.8 Å². The number of carbonyl (C=O) groups is 1. The fourth-order valence-electron chi connectivity index (χ4n) is 1.74. The molecule has 0 aliphatic carbocycles. The van der Waals surface area contributed by atoms with E-state index in [1.807, 2.05) is 0 Å². The SMILES string of the molecule is O=C(NCCS(=O)(=O)N1CCSCC1)c1ccoc1. The maximum atomic E-state index is 12.0. The number of nitrogens with zero attached hydrogens (tertiary/aromatic N) is 1. The number of rotatable bonds is 5. The minimum atomic E-state index is -3.27. The van der Waals surface area contributed by atoms with Gasteiger partial charge in [-0.15, -0.1) is 0 Å². The van der Waals surface area contributed by atoms with Crippen molar-refractivity contribution in [2.75, 3.05) is 36.9 Å². The number of sulfonamides is 1. The summed E-state index contributed by atoms with van der Waals surface area (Å²) < 4.78 is 30.3. The van der Waals surface area contributed by atoms with Gasteiger partial charge >= 0.3 is 0 Å². The Hall–Kier alpha value is -0.990. The molecule has 0 saturated carbocycles. The first-order valence-electron chi connectivity index (χ1n) is 5.95. The summed E-state index contributed by atoms with van der Waals surface area (Å²) in [6, 6.07) is 1.53. The normalized spacial score (nSPS) is 17.3. The molecular weight excluding hydrogens is 288 g/mol. The van der Waals surface area contributed by atoms with E-state index in [2.05, 4.69) is 5.32 Å². The molecule has 1 N–H and O–H groups in total. The van der Waals surface area contributed by atoms with Crippen molar-refractivity contribution in [1.29, 1.82) is 0 Å². The first kappa shape index (κ1) is 14.4. The average Bonchev–Trinajstić information content (AvgIpc) is 2.93. The number of amides is 1. The van der Waals surface area contributed by atoms with Gasteiger partial charge in [0.15, 0.2) is 0 Å². The molecule has 2 rings (SSSR count). The van der Waals surface area contributed by atoms with Crippen molar-refractivity contribution < 1.29 is 17.6 Å². The molecule has 106 valence electrons. The molecule has 8 heteroatoms. The van der Waals surface area contributed by atoms with Gasteiger partial charge in [-0.3, -0.25) is 4.79 Å². The highest BCUT2D eigenvalue weighted by Gasteiger charge is 2.23. The predicted molar refractivity (Wildman–Crippen MR) is 73.7 cm³/mol. The van der Waals surface area contributed by atoms with Crippen LogP contribution in [0.1, 0.15) is 10.4 Å². The molecule has 0 aromatic carbocycles. The summed E-state index contributed by atoms with van der Waals surface area (Å²) in [5.74, 6) is 1.28. The molecular formula is C11H16N2O4S2. The number of thioether (sulfide) groups is 1. The van der Waals surface area contributed by atoms with Crippen LogP contribution in [0.4, 0.5) is 0 Å². The number of nitrogens with one attached hydrogen (secondary N) is 1. The second-order valence-electron chi connectivity index (χ2n) is 4.10. The van der Waals surface area contributed by atoms with Gasteiger partial charge in [-0.1, -0.05) is 0 Å². The Morgan fingerprint density at radius 1 is 1.42 bits per heavy atom. The van der Waals surface area contributed by atoms with E-state index in [1.54, 1.807) is 11.8 Å². The number of hydrogen-bond donors (Lipinski definition) is 1. The highest BCUT2D eigenvalue weighted by atomic mass is 32.2. The van der Waals surface area contributed by atoms with Crippen molar-refractivity contribution >= 4 is 27.7 Å². The fourth-order valence-corrected chi connectivity index (χ4v) is 4.23. The van der Waals surface area contributed by atoms with Crippen molar-refractivity contribution in [3.05, 3.63) is 24.2 Å². The minimum absolute atomic E-state index is 0.0682. The lowest BCUT2D eigenvalue weighted by molar-refractivity contribution is 0.0955. The third-order valence-corrected chi connectivity index (χ3v) is 5.61. The van der Waals surface area contributed by atoms with E-state index in [1.165, 1.54) is 22.9 Å². The van der Waals surface area contributed by atoms with Gasteiger partial charge in [-0.2, -0.15) is 11.8 Å². The van der Waals surface area contributed by atoms with Crippen molar-refractivity contribution in [3.8, 4) is 0 Å². The lowest BCUT2D eigenvalue weighted by Gasteiger charge is -2.25. The molecule has 19 heavy (non-hydrogen) atoms. The molecule has 0 radical (unpaired) electrons. The summed E-state index contributed by atoms with van der Waals surface area (Å²) in [6.07, 6.45) is 2.72. The first-order chi connectivity index (χ1) is 9.09. The van der Waals surface area contributed by atoms with Crippen molar-refractivity contribution in [1.82, 2.24) is 9.62 Å². The fraction of sp³-hybridized carbons (Fsp3) is 0.545. The maximum absolute atomic E-state index is 12.0. The van der Waals surface area contributed by atoms with Gasteiger partial charge < -0.3 is 9.73 Å². The smallest absolute Gasteiger partial charge is 0.254 e. The van der Waals surface area contributed by atoms with E-state index in [9.17, 15) is 13.2 Å². The molecule has 1 aliphatic heterocycles. The van der Waals surface area contributed by atoms with Crippen LogP contribution in [0.3, 0.4) is 0 Å². The Kier molecular flexibility index (Phi) is 4.89. The highest BCUT2D eigenvalue weighted by molar-refractivity contribution is 7.99. The summed E-state index contributed by atoms with van der Waals surface area (Å²) in [4.78, 5) is 11.6. The summed E-state index contributed by atoms with van der Waals surface area (Å²) in [5, 5.41) is 2.57. The van der Waals surface area contributed by atoms with Crippen LogP contribution in [-0.4, -0.2) is 55.5 Å². The molecule has 0 bridgehead atoms. The first-order valence-corrected chi connectivity index (χ1v) is 8.72. The molecule has 0 atom stereocenters. The Bertz CT molecular complexity index is 507. The van der Waals surface area contributed by atoms with Gasteiger partial charge in [0.05, 0.1) is 17.6 Å². The molecule has 1 aromatic rings. The average molecular weight is 304 g/mol. The molecule has 1 fully saturated rings. The van der Waals surface area contributed by atoms with Crippen LogP contribution in [0, 0.1) is 0 Å². The van der Waals surface area contributed by atoms with Gasteiger partial charge in [0.25, 0.3) is 5.91 Å². The second kappa shape index (κ2) is 6.44. The molecule has 1 saturated heterocycles. The van der Waals surface area contributed by atoms with Gasteiger partial charge in [0, 0.05) is 31.1 Å². The van der Waals surface area contributed by atoms with E-state index in [0.717, 1.165) is 11.5 Å². The maximum Gasteiger partial charge on any atom is 0.254 e. The number of hydrogen-bond acceptors (Lipinski definition) is 5. The summed E-state index contributed by atoms with van der Waals surface area (Å²) >= 11 is 1.76. The Morgan fingerprint density at radius 2 is 2.16 bits per heavy atom. The van der Waals surface area contributed by atoms with E-state index in [4.69, 9.17) is 4.42 Å². The third kappa shape index (κ3) is 3.99. The molecule has 0 spiro atoms. The number of furan rings is 1. The van der Waals surface area contributed by atoms with Crippen molar-refractivity contribution in [2.45, 2.75) is 0 Å². The lowest BCUT2D eigenvalue weighted by Crippen LogP contribution is -2.41. The van der Waals surface area contributed by atoms with Crippen LogP contribution in [0.25, 0.3) is 0 Å². The summed E-state index contributed by atoms with van der Waals surface area (Å²) in [5.41, 5.74) is 0.395. The predicted octanol–water partition coefficient (Wildman–Crippen LogP) is 0.388. The summed E-state index contributed by atoms with van der Waals surface area (Å²) in [7, 11) is -3.27. The third-order valence-electron chi connectivity index (χ3n) is 2.79. The minimum Gasteiger partial charge on any atom is -0.472 e. The topological polar surface area (TPSA) is 79.6 Å². The van der Waals surface area contributed by atoms with E-state index < -0.39 is 10.0 Å². The zero-order valence-corrected chi connectivity index (χ0v) is 12.0. The largest absolute Gasteiger partial charge is 0.472 e. The molecule has 0 unspecified atom stereocenters. The van der Waals surface area contributed by atoms with E-state index in [0.29, 0.717) is 18.7 Å². The van der Waals surface area contributed by atoms with Gasteiger partial charge in [-0.05, 0) is 6.07 Å². The molecule has 1 amide bonds. The quantitative estimate of drug-likeness (QED) is 0.851. The van der Waals surface area contributed by atoms with Crippen LogP contribution in [0.5, 0.6) is 0 Å². The molecule has 6 nitrogen and oxygen atoms in total. The summed E-state index contributed by atoms with van der Waals surface area (Å²) in [6.45, 7) is 1.22. The van der Waals surface area contributed by atoms with Gasteiger partial charge in [0.2, 0.25) is 10.0 Å². The Balaban J connectivity index is 1.80. The number of carbonyl (C=O) groups excluding carboxylic acids is 1. The van der Waals surface area contributed by atoms with Crippen LogP contribution in [-0.2, 0) is 10.0 Å². The lowest BCUT2D eigenvalue weighted by atomic mass is 10.3. The van der Waals surface area contributed by atoms with Crippen LogP contribution in [0.2, 0.25) is 0 Å². The van der Waals surface area contributed by atoms with E-state index in [-0.39, 0.29) is 18.2 Å². The standard InChI is InChI=1S/C11H16N2O4S2/c14-11(10-1-5-17-9-10)12-2-8-19(15,16)13-3-6-18-7-4-13/h1,5,9H,2-4,6-8H2,(H,12,14). The monoisotopic (exact) mass is 304 g/mol. The Labute approximate surface area is 116 Å². The zero-order chi connectivity index (χ0) is 13.7. The Morgan fingerprint density at radius 3 is 2.79 bits per heavy atom. The van der Waals surface area contributed by atoms with Crippen molar-refractivity contribution in [2.24, 2.45) is 0 Å². The molecule has 2 heterocycles.